The van der Waals surface area contributed by atoms with Gasteiger partial charge in [-0.05, 0) is 92.6 Å². The van der Waals surface area contributed by atoms with E-state index in [9.17, 15) is 0 Å². The van der Waals surface area contributed by atoms with Crippen molar-refractivity contribution in [2.45, 2.75) is 97.8 Å². The van der Waals surface area contributed by atoms with Gasteiger partial charge in [-0.2, -0.15) is 0 Å². The lowest BCUT2D eigenvalue weighted by Gasteiger charge is -2.28. The summed E-state index contributed by atoms with van der Waals surface area (Å²) in [6, 6.07) is 44.0. The van der Waals surface area contributed by atoms with Crippen molar-refractivity contribution in [2.24, 2.45) is 0 Å². The minimum atomic E-state index is -0.346. The molecule has 0 saturated heterocycles. The standard InChI is InChI=1S/C53H58N4O/c1-50(2,3)37-20-17-21-40(28-37)55-26-27-56(35-55)41-29-39(52(7,8)9)30-42(32-41)58-43-33-45(53(10,11)36-18-13-12-14-19-36)49-44-22-15-16-23-46(44)57(47(49)34-43)48-31-38(24-25-54-48)51(4,5)6/h12-34H,35H2,1-11H3. The molecule has 1 aliphatic rings. The second-order valence-corrected chi connectivity index (χ2v) is 19.6. The normalized spacial score (nSPS) is 13.9. The first-order valence-electron chi connectivity index (χ1n) is 20.6. The Morgan fingerprint density at radius 3 is 1.81 bits per heavy atom. The number of hydrogen-bond acceptors (Lipinski definition) is 4. The molecule has 0 atom stereocenters. The van der Waals surface area contributed by atoms with Crippen LogP contribution < -0.4 is 14.5 Å². The molecule has 58 heavy (non-hydrogen) atoms. The van der Waals surface area contributed by atoms with E-state index in [2.05, 4.69) is 224 Å². The number of para-hydroxylation sites is 1. The van der Waals surface area contributed by atoms with Crippen LogP contribution in [0.4, 0.5) is 11.4 Å². The van der Waals surface area contributed by atoms with Crippen LogP contribution >= 0.6 is 0 Å². The highest BCUT2D eigenvalue weighted by molar-refractivity contribution is 6.11. The zero-order chi connectivity index (χ0) is 41.2. The average Bonchev–Trinajstić information content (AvgIpc) is 3.81. The number of nitrogens with zero attached hydrogens (tertiary/aromatic N) is 4. The van der Waals surface area contributed by atoms with Gasteiger partial charge in [0.05, 0.1) is 17.7 Å². The maximum atomic E-state index is 7.13. The average molecular weight is 767 g/mol. The molecule has 296 valence electrons. The van der Waals surface area contributed by atoms with Crippen molar-refractivity contribution in [1.29, 1.82) is 0 Å². The molecule has 0 radical (unpaired) electrons. The Morgan fingerprint density at radius 1 is 0.500 bits per heavy atom. The molecule has 5 nitrogen and oxygen atoms in total. The van der Waals surface area contributed by atoms with Crippen LogP contribution in [0.5, 0.6) is 11.5 Å². The first-order chi connectivity index (χ1) is 27.4. The fourth-order valence-corrected chi connectivity index (χ4v) is 8.17. The van der Waals surface area contributed by atoms with E-state index in [0.717, 1.165) is 34.0 Å². The van der Waals surface area contributed by atoms with Gasteiger partial charge < -0.3 is 14.5 Å². The third-order valence-corrected chi connectivity index (χ3v) is 11.9. The Hall–Kier alpha value is -5.81. The zero-order valence-corrected chi connectivity index (χ0v) is 36.2. The fourth-order valence-electron chi connectivity index (χ4n) is 8.17. The van der Waals surface area contributed by atoms with Gasteiger partial charge in [0.1, 0.15) is 17.3 Å². The highest BCUT2D eigenvalue weighted by Gasteiger charge is 2.30. The van der Waals surface area contributed by atoms with E-state index in [1.165, 1.54) is 44.3 Å². The summed E-state index contributed by atoms with van der Waals surface area (Å²) in [7, 11) is 0. The molecule has 0 aliphatic carbocycles. The molecule has 0 unspecified atom stereocenters. The van der Waals surface area contributed by atoms with Crippen LogP contribution in [0.2, 0.25) is 0 Å². The van der Waals surface area contributed by atoms with Crippen LogP contribution in [0.15, 0.2) is 140 Å². The molecular formula is C53H58N4O. The lowest BCUT2D eigenvalue weighted by Crippen LogP contribution is -2.25. The summed E-state index contributed by atoms with van der Waals surface area (Å²) in [6.45, 7) is 25.7. The van der Waals surface area contributed by atoms with E-state index in [4.69, 9.17) is 9.72 Å². The number of aromatic nitrogens is 2. The van der Waals surface area contributed by atoms with Crippen molar-refractivity contribution in [3.63, 3.8) is 0 Å². The van der Waals surface area contributed by atoms with Gasteiger partial charge in [0.25, 0.3) is 0 Å². The Morgan fingerprint density at radius 2 is 1.10 bits per heavy atom. The molecule has 0 saturated carbocycles. The topological polar surface area (TPSA) is 33.5 Å². The number of benzene rings is 5. The molecule has 0 amide bonds. The van der Waals surface area contributed by atoms with E-state index in [1.54, 1.807) is 0 Å². The summed E-state index contributed by atoms with van der Waals surface area (Å²) >= 11 is 0. The Kier molecular flexibility index (Phi) is 9.58. The fraction of sp³-hybridized carbons (Fsp3) is 0.302. The van der Waals surface area contributed by atoms with Gasteiger partial charge in [-0.1, -0.05) is 137 Å². The minimum absolute atomic E-state index is 0.0288. The molecule has 2 aromatic heterocycles. The minimum Gasteiger partial charge on any atom is -0.457 e. The predicted octanol–water partition coefficient (Wildman–Crippen LogP) is 13.9. The van der Waals surface area contributed by atoms with Gasteiger partial charge in [0, 0.05) is 58.3 Å². The van der Waals surface area contributed by atoms with Gasteiger partial charge in [0.2, 0.25) is 0 Å². The number of pyridine rings is 1. The number of ether oxygens (including phenoxy) is 1. The molecule has 7 aromatic rings. The largest absolute Gasteiger partial charge is 0.457 e. The Bertz CT molecular complexity index is 2660. The van der Waals surface area contributed by atoms with Gasteiger partial charge >= 0.3 is 0 Å². The van der Waals surface area contributed by atoms with Gasteiger partial charge in [-0.3, -0.25) is 4.57 Å². The van der Waals surface area contributed by atoms with E-state index in [1.807, 2.05) is 6.20 Å². The van der Waals surface area contributed by atoms with E-state index < -0.39 is 0 Å². The molecule has 5 aromatic carbocycles. The summed E-state index contributed by atoms with van der Waals surface area (Å²) in [5.41, 5.74) is 10.3. The van der Waals surface area contributed by atoms with Crippen LogP contribution in [0.25, 0.3) is 27.6 Å². The summed E-state index contributed by atoms with van der Waals surface area (Å²) in [4.78, 5) is 9.63. The third kappa shape index (κ3) is 7.39. The second kappa shape index (κ2) is 14.2. The smallest absolute Gasteiger partial charge is 0.137 e. The molecule has 0 fully saturated rings. The Labute approximate surface area is 345 Å². The first-order valence-corrected chi connectivity index (χ1v) is 20.6. The lowest BCUT2D eigenvalue weighted by molar-refractivity contribution is 0.477. The molecule has 0 N–H and O–H groups in total. The molecule has 0 spiro atoms. The molecule has 0 bridgehead atoms. The predicted molar refractivity (Wildman–Crippen MR) is 245 cm³/mol. The third-order valence-electron chi connectivity index (χ3n) is 11.9. The van der Waals surface area contributed by atoms with Crippen LogP contribution in [-0.4, -0.2) is 16.2 Å². The maximum Gasteiger partial charge on any atom is 0.137 e. The zero-order valence-electron chi connectivity index (χ0n) is 36.2. The van der Waals surface area contributed by atoms with Crippen molar-refractivity contribution in [3.8, 4) is 17.3 Å². The quantitative estimate of drug-likeness (QED) is 0.162. The molecular weight excluding hydrogens is 709 g/mol. The number of hydrogen-bond donors (Lipinski definition) is 0. The van der Waals surface area contributed by atoms with Crippen LogP contribution in [-0.2, 0) is 21.7 Å². The molecule has 5 heteroatoms. The highest BCUT2D eigenvalue weighted by Crippen LogP contribution is 2.45. The van der Waals surface area contributed by atoms with Crippen molar-refractivity contribution in [2.75, 3.05) is 16.5 Å². The van der Waals surface area contributed by atoms with Crippen LogP contribution in [0, 0.1) is 0 Å². The molecule has 3 heterocycles. The summed E-state index contributed by atoms with van der Waals surface area (Å²) in [6.07, 6.45) is 6.30. The number of anilines is 2. The van der Waals surface area contributed by atoms with Gasteiger partial charge in [-0.25, -0.2) is 4.98 Å². The molecule has 1 aliphatic heterocycles. The second-order valence-electron chi connectivity index (χ2n) is 19.6. The van der Waals surface area contributed by atoms with Crippen LogP contribution in [0.1, 0.15) is 104 Å². The van der Waals surface area contributed by atoms with E-state index in [-0.39, 0.29) is 21.7 Å². The van der Waals surface area contributed by atoms with Crippen LogP contribution in [0.3, 0.4) is 0 Å². The summed E-state index contributed by atoms with van der Waals surface area (Å²) in [5.74, 6) is 2.49. The van der Waals surface area contributed by atoms with Crippen molar-refractivity contribution >= 4 is 33.2 Å². The summed E-state index contributed by atoms with van der Waals surface area (Å²) < 4.78 is 9.45. The van der Waals surface area contributed by atoms with Gasteiger partial charge in [0.15, 0.2) is 0 Å². The maximum absolute atomic E-state index is 7.13. The van der Waals surface area contributed by atoms with Crippen molar-refractivity contribution < 1.29 is 4.74 Å². The van der Waals surface area contributed by atoms with E-state index in [0.29, 0.717) is 6.67 Å². The Balaban J connectivity index is 1.28. The SMILES string of the molecule is CC(C)(C)c1cccc(N2C=CN(c3cc(Oc4cc(C(C)(C)c5ccccc5)c5c6ccccc6n(-c6cc(C(C)(C)C)ccn6)c5c4)cc(C(C)(C)C)c3)C2)c1. The highest BCUT2D eigenvalue weighted by atomic mass is 16.5. The monoisotopic (exact) mass is 766 g/mol. The molecule has 8 rings (SSSR count). The van der Waals surface area contributed by atoms with E-state index >= 15 is 0 Å². The summed E-state index contributed by atoms with van der Waals surface area (Å²) in [5, 5.41) is 2.41. The van der Waals surface area contributed by atoms with Crippen molar-refractivity contribution in [3.05, 3.63) is 168 Å². The first kappa shape index (κ1) is 39.0. The number of fused-ring (bicyclic) bond motifs is 3. The van der Waals surface area contributed by atoms with Crippen molar-refractivity contribution in [1.82, 2.24) is 9.55 Å². The lowest BCUT2D eigenvalue weighted by atomic mass is 9.76. The number of rotatable bonds is 7. The van der Waals surface area contributed by atoms with Gasteiger partial charge in [-0.15, -0.1) is 0 Å².